The van der Waals surface area contributed by atoms with Crippen molar-refractivity contribution < 1.29 is 14.3 Å². The lowest BCUT2D eigenvalue weighted by molar-refractivity contribution is 0.101. The van der Waals surface area contributed by atoms with Crippen LogP contribution in [-0.2, 0) is 0 Å². The fourth-order valence-electron chi connectivity index (χ4n) is 2.70. The van der Waals surface area contributed by atoms with E-state index in [4.69, 9.17) is 4.74 Å². The molecular formula is C17H24N2O3. The first-order valence-electron chi connectivity index (χ1n) is 7.68. The molecule has 0 saturated carbocycles. The quantitative estimate of drug-likeness (QED) is 0.802. The molecule has 0 radical (unpaired) electrons. The molecule has 5 heteroatoms. The number of benzene rings is 1. The van der Waals surface area contributed by atoms with Gasteiger partial charge in [0.15, 0.2) is 5.78 Å². The van der Waals surface area contributed by atoms with E-state index in [1.54, 1.807) is 20.2 Å². The van der Waals surface area contributed by atoms with Crippen molar-refractivity contribution in [2.45, 2.75) is 32.7 Å². The molecule has 1 heterocycles. The Bertz CT molecular complexity index is 563. The Kier molecular flexibility index (Phi) is 5.19. The van der Waals surface area contributed by atoms with Gasteiger partial charge in [-0.2, -0.15) is 0 Å². The van der Waals surface area contributed by atoms with Gasteiger partial charge in [-0.3, -0.25) is 9.69 Å². The first-order chi connectivity index (χ1) is 10.4. The molecule has 1 unspecified atom stereocenters. The molecule has 1 aromatic carbocycles. The average Bonchev–Trinajstić information content (AvgIpc) is 3.00. The summed E-state index contributed by atoms with van der Waals surface area (Å²) in [5.41, 5.74) is 1.50. The first kappa shape index (κ1) is 16.5. The number of amides is 1. The second-order valence-electron chi connectivity index (χ2n) is 5.99. The van der Waals surface area contributed by atoms with E-state index in [-0.39, 0.29) is 11.8 Å². The van der Waals surface area contributed by atoms with Crippen molar-refractivity contribution in [1.29, 1.82) is 0 Å². The van der Waals surface area contributed by atoms with Crippen molar-refractivity contribution in [3.63, 3.8) is 0 Å². The van der Waals surface area contributed by atoms with Crippen LogP contribution in [0.5, 0.6) is 5.75 Å². The molecular weight excluding hydrogens is 280 g/mol. The van der Waals surface area contributed by atoms with E-state index in [0.29, 0.717) is 11.3 Å². The molecule has 1 atom stereocenters. The van der Waals surface area contributed by atoms with Gasteiger partial charge in [0.2, 0.25) is 0 Å². The normalized spacial score (nSPS) is 16.4. The molecule has 0 spiro atoms. The Morgan fingerprint density at radius 2 is 1.86 bits per heavy atom. The molecule has 1 aliphatic heterocycles. The number of ether oxygens (including phenoxy) is 1. The van der Waals surface area contributed by atoms with Gasteiger partial charge in [0.05, 0.1) is 5.56 Å². The summed E-state index contributed by atoms with van der Waals surface area (Å²) in [6.45, 7) is 5.79. The minimum Gasteiger partial charge on any atom is -0.409 e. The van der Waals surface area contributed by atoms with Crippen LogP contribution in [0.4, 0.5) is 4.79 Å². The monoisotopic (exact) mass is 304 g/mol. The Balaban J connectivity index is 2.29. The number of hydrogen-bond acceptors (Lipinski definition) is 4. The highest BCUT2D eigenvalue weighted by atomic mass is 16.6. The van der Waals surface area contributed by atoms with Gasteiger partial charge in [0.1, 0.15) is 5.75 Å². The molecule has 1 amide bonds. The molecule has 0 bridgehead atoms. The van der Waals surface area contributed by atoms with Gasteiger partial charge in [-0.1, -0.05) is 6.07 Å². The van der Waals surface area contributed by atoms with E-state index >= 15 is 0 Å². The number of likely N-dealkylation sites (tertiary alicyclic amines) is 1. The molecule has 0 aliphatic carbocycles. The summed E-state index contributed by atoms with van der Waals surface area (Å²) < 4.78 is 5.37. The SMILES string of the molecule is CC(=O)c1ccc(C(C)N2CCCC2)cc1OC(=O)N(C)C. The van der Waals surface area contributed by atoms with E-state index in [2.05, 4.69) is 11.8 Å². The molecule has 1 fully saturated rings. The second-order valence-corrected chi connectivity index (χ2v) is 5.99. The first-order valence-corrected chi connectivity index (χ1v) is 7.68. The maximum atomic E-state index is 11.8. The summed E-state index contributed by atoms with van der Waals surface area (Å²) in [7, 11) is 3.24. The van der Waals surface area contributed by atoms with Gasteiger partial charge in [-0.05, 0) is 57.5 Å². The minimum absolute atomic E-state index is 0.109. The Labute approximate surface area is 131 Å². The largest absolute Gasteiger partial charge is 0.414 e. The summed E-state index contributed by atoms with van der Waals surface area (Å²) in [5.74, 6) is 0.233. The fourth-order valence-corrected chi connectivity index (χ4v) is 2.70. The molecule has 1 aliphatic rings. The number of rotatable bonds is 4. The number of Topliss-reactive ketones (excluding diaryl/α,β-unsaturated/α-hetero) is 1. The number of carbonyl (C=O) groups is 2. The molecule has 2 rings (SSSR count). The van der Waals surface area contributed by atoms with E-state index in [1.807, 2.05) is 12.1 Å². The van der Waals surface area contributed by atoms with Gasteiger partial charge in [0, 0.05) is 20.1 Å². The standard InChI is InChI=1S/C17H24N2O3/c1-12(19-9-5-6-10-19)14-7-8-15(13(2)20)16(11-14)22-17(21)18(3)4/h7-8,11-12H,5-6,9-10H2,1-4H3. The Morgan fingerprint density at radius 3 is 2.41 bits per heavy atom. The summed E-state index contributed by atoms with van der Waals surface area (Å²) in [5, 5.41) is 0. The molecule has 22 heavy (non-hydrogen) atoms. The van der Waals surface area contributed by atoms with Gasteiger partial charge in [-0.15, -0.1) is 0 Å². The van der Waals surface area contributed by atoms with Gasteiger partial charge < -0.3 is 9.64 Å². The van der Waals surface area contributed by atoms with Crippen LogP contribution >= 0.6 is 0 Å². The summed E-state index contributed by atoms with van der Waals surface area (Å²) in [6.07, 6.45) is 1.96. The molecule has 0 N–H and O–H groups in total. The molecule has 1 saturated heterocycles. The highest BCUT2D eigenvalue weighted by Crippen LogP contribution is 2.29. The van der Waals surface area contributed by atoms with Crippen LogP contribution in [0.2, 0.25) is 0 Å². The number of nitrogens with zero attached hydrogens (tertiary/aromatic N) is 2. The van der Waals surface area contributed by atoms with Gasteiger partial charge in [0.25, 0.3) is 0 Å². The summed E-state index contributed by atoms with van der Waals surface area (Å²) in [6, 6.07) is 5.77. The summed E-state index contributed by atoms with van der Waals surface area (Å²) >= 11 is 0. The van der Waals surface area contributed by atoms with Crippen LogP contribution in [0.25, 0.3) is 0 Å². The van der Waals surface area contributed by atoms with Gasteiger partial charge in [-0.25, -0.2) is 4.79 Å². The lowest BCUT2D eigenvalue weighted by Crippen LogP contribution is -2.26. The predicted molar refractivity (Wildman–Crippen MR) is 85.4 cm³/mol. The van der Waals surface area contributed by atoms with Gasteiger partial charge >= 0.3 is 6.09 Å². The minimum atomic E-state index is -0.478. The third kappa shape index (κ3) is 3.65. The lowest BCUT2D eigenvalue weighted by atomic mass is 10.0. The summed E-state index contributed by atoms with van der Waals surface area (Å²) in [4.78, 5) is 27.3. The van der Waals surface area contributed by atoms with Crippen molar-refractivity contribution in [3.8, 4) is 5.75 Å². The molecule has 1 aromatic rings. The number of ketones is 1. The Morgan fingerprint density at radius 1 is 1.23 bits per heavy atom. The zero-order valence-electron chi connectivity index (χ0n) is 13.8. The van der Waals surface area contributed by atoms with Crippen LogP contribution < -0.4 is 4.74 Å². The van der Waals surface area contributed by atoms with Crippen LogP contribution in [0.1, 0.15) is 48.7 Å². The maximum Gasteiger partial charge on any atom is 0.414 e. The second kappa shape index (κ2) is 6.92. The van der Waals surface area contributed by atoms with E-state index in [0.717, 1.165) is 18.7 Å². The van der Waals surface area contributed by atoms with E-state index < -0.39 is 6.09 Å². The fraction of sp³-hybridized carbons (Fsp3) is 0.529. The molecule has 0 aromatic heterocycles. The van der Waals surface area contributed by atoms with Crippen LogP contribution in [0, 0.1) is 0 Å². The van der Waals surface area contributed by atoms with Crippen LogP contribution in [0.15, 0.2) is 18.2 Å². The third-order valence-electron chi connectivity index (χ3n) is 4.12. The van der Waals surface area contributed by atoms with Crippen molar-refractivity contribution in [2.75, 3.05) is 27.2 Å². The number of hydrogen-bond donors (Lipinski definition) is 0. The Hall–Kier alpha value is -1.88. The van der Waals surface area contributed by atoms with Crippen LogP contribution in [-0.4, -0.2) is 48.9 Å². The van der Waals surface area contributed by atoms with Crippen molar-refractivity contribution in [1.82, 2.24) is 9.80 Å². The predicted octanol–water partition coefficient (Wildman–Crippen LogP) is 3.11. The zero-order valence-corrected chi connectivity index (χ0v) is 13.8. The van der Waals surface area contributed by atoms with Crippen molar-refractivity contribution >= 4 is 11.9 Å². The lowest BCUT2D eigenvalue weighted by Gasteiger charge is -2.25. The molecule has 120 valence electrons. The number of carbonyl (C=O) groups excluding carboxylic acids is 2. The van der Waals surface area contributed by atoms with E-state index in [9.17, 15) is 9.59 Å². The topological polar surface area (TPSA) is 49.9 Å². The van der Waals surface area contributed by atoms with Crippen molar-refractivity contribution in [3.05, 3.63) is 29.3 Å². The van der Waals surface area contributed by atoms with Crippen LogP contribution in [0.3, 0.4) is 0 Å². The maximum absolute atomic E-state index is 11.8. The highest BCUT2D eigenvalue weighted by Gasteiger charge is 2.22. The zero-order chi connectivity index (χ0) is 16.3. The smallest absolute Gasteiger partial charge is 0.409 e. The molecule has 5 nitrogen and oxygen atoms in total. The average molecular weight is 304 g/mol. The van der Waals surface area contributed by atoms with Crippen molar-refractivity contribution in [2.24, 2.45) is 0 Å². The van der Waals surface area contributed by atoms with E-state index in [1.165, 1.54) is 24.7 Å². The third-order valence-corrected chi connectivity index (χ3v) is 4.12. The highest BCUT2D eigenvalue weighted by molar-refractivity contribution is 5.97.